The summed E-state index contributed by atoms with van der Waals surface area (Å²) in [6.07, 6.45) is 5.74. The molecule has 6 unspecified atom stereocenters. The fourth-order valence-electron chi connectivity index (χ4n) is 4.96. The fraction of sp³-hybridized carbons (Fsp3) is 1.00. The van der Waals surface area contributed by atoms with Crippen LogP contribution in [-0.2, 0) is 0 Å². The van der Waals surface area contributed by atoms with Crippen LogP contribution in [0.3, 0.4) is 0 Å². The maximum Gasteiger partial charge on any atom is -0.00460 e. The summed E-state index contributed by atoms with van der Waals surface area (Å²) in [5.74, 6) is 5.69. The van der Waals surface area contributed by atoms with Gasteiger partial charge in [-0.2, -0.15) is 0 Å². The minimum atomic E-state index is 0.855. The van der Waals surface area contributed by atoms with Crippen LogP contribution >= 0.6 is 0 Å². The van der Waals surface area contributed by atoms with Gasteiger partial charge in [-0.3, -0.25) is 0 Å². The van der Waals surface area contributed by atoms with E-state index >= 15 is 0 Å². The van der Waals surface area contributed by atoms with E-state index in [9.17, 15) is 0 Å². The van der Waals surface area contributed by atoms with Crippen LogP contribution in [-0.4, -0.2) is 13.1 Å². The molecule has 0 saturated heterocycles. The zero-order valence-corrected chi connectivity index (χ0v) is 8.86. The molecule has 3 saturated carbocycles. The van der Waals surface area contributed by atoms with Gasteiger partial charge >= 0.3 is 0 Å². The molecule has 2 nitrogen and oxygen atoms in total. The highest BCUT2D eigenvalue weighted by atomic mass is 14.7. The van der Waals surface area contributed by atoms with Crippen molar-refractivity contribution >= 4 is 0 Å². The van der Waals surface area contributed by atoms with Gasteiger partial charge in [0.2, 0.25) is 0 Å². The second kappa shape index (κ2) is 3.21. The highest BCUT2D eigenvalue weighted by molar-refractivity contribution is 5.05. The lowest BCUT2D eigenvalue weighted by Gasteiger charge is -2.33. The van der Waals surface area contributed by atoms with E-state index in [1.54, 1.807) is 0 Å². The predicted molar refractivity (Wildman–Crippen MR) is 57.5 cm³/mol. The van der Waals surface area contributed by atoms with E-state index < -0.39 is 0 Å². The standard InChI is InChI=1S/C12H22N2/c13-5-7-1-2-10-11-4-8(12(7)10)3-9(11)6-14/h7-12H,1-6,13-14H2. The van der Waals surface area contributed by atoms with Crippen molar-refractivity contribution in [2.24, 2.45) is 47.0 Å². The second-order valence-corrected chi connectivity index (χ2v) is 5.71. The summed E-state index contributed by atoms with van der Waals surface area (Å²) in [5, 5.41) is 0. The Kier molecular flexibility index (Phi) is 2.10. The van der Waals surface area contributed by atoms with Crippen LogP contribution in [0.5, 0.6) is 0 Å². The molecule has 14 heavy (non-hydrogen) atoms. The molecular weight excluding hydrogens is 172 g/mol. The molecule has 0 aromatic rings. The maximum atomic E-state index is 5.86. The van der Waals surface area contributed by atoms with Gasteiger partial charge in [0.25, 0.3) is 0 Å². The Bertz CT molecular complexity index is 226. The van der Waals surface area contributed by atoms with Crippen molar-refractivity contribution in [1.29, 1.82) is 0 Å². The van der Waals surface area contributed by atoms with E-state index in [0.29, 0.717) is 0 Å². The number of fused-ring (bicyclic) bond motifs is 5. The number of hydrogen-bond donors (Lipinski definition) is 2. The minimum Gasteiger partial charge on any atom is -0.330 e. The third kappa shape index (κ3) is 1.04. The molecule has 0 heterocycles. The second-order valence-electron chi connectivity index (χ2n) is 5.71. The van der Waals surface area contributed by atoms with Crippen LogP contribution < -0.4 is 11.5 Å². The number of rotatable bonds is 2. The van der Waals surface area contributed by atoms with Crippen molar-refractivity contribution in [3.05, 3.63) is 0 Å². The summed E-state index contributed by atoms with van der Waals surface area (Å²) >= 11 is 0. The van der Waals surface area contributed by atoms with Crippen LogP contribution in [0.2, 0.25) is 0 Å². The Hall–Kier alpha value is -0.0800. The molecule has 0 spiro atoms. The van der Waals surface area contributed by atoms with Crippen LogP contribution in [0.15, 0.2) is 0 Å². The lowest BCUT2D eigenvalue weighted by atomic mass is 9.73. The molecule has 3 aliphatic rings. The van der Waals surface area contributed by atoms with Gasteiger partial charge in [0.1, 0.15) is 0 Å². The smallest absolute Gasteiger partial charge is 0.00460 e. The fourth-order valence-corrected chi connectivity index (χ4v) is 4.96. The number of nitrogens with two attached hydrogens (primary N) is 2. The van der Waals surface area contributed by atoms with Crippen molar-refractivity contribution in [3.8, 4) is 0 Å². The van der Waals surface area contributed by atoms with Crippen LogP contribution in [0.25, 0.3) is 0 Å². The van der Waals surface area contributed by atoms with Gasteiger partial charge in [-0.05, 0) is 74.3 Å². The molecule has 0 aliphatic heterocycles. The minimum absolute atomic E-state index is 0.855. The van der Waals surface area contributed by atoms with Gasteiger partial charge < -0.3 is 11.5 Å². The first-order valence-corrected chi connectivity index (χ1v) is 6.25. The zero-order chi connectivity index (χ0) is 9.71. The van der Waals surface area contributed by atoms with Crippen molar-refractivity contribution in [1.82, 2.24) is 0 Å². The average molecular weight is 194 g/mol. The van der Waals surface area contributed by atoms with Crippen molar-refractivity contribution in [2.75, 3.05) is 13.1 Å². The summed E-state index contributed by atoms with van der Waals surface area (Å²) in [6, 6.07) is 0. The first-order valence-electron chi connectivity index (χ1n) is 6.25. The molecule has 6 atom stereocenters. The highest BCUT2D eigenvalue weighted by Crippen LogP contribution is 2.62. The lowest BCUT2D eigenvalue weighted by molar-refractivity contribution is 0.166. The Balaban J connectivity index is 1.80. The average Bonchev–Trinajstić information content (AvgIpc) is 2.87. The van der Waals surface area contributed by atoms with Crippen LogP contribution in [0.4, 0.5) is 0 Å². The molecule has 0 amide bonds. The Morgan fingerprint density at radius 1 is 0.857 bits per heavy atom. The molecule has 2 heteroatoms. The molecule has 3 aliphatic carbocycles. The van der Waals surface area contributed by atoms with E-state index in [1.807, 2.05) is 0 Å². The first-order chi connectivity index (χ1) is 6.85. The van der Waals surface area contributed by atoms with Crippen molar-refractivity contribution < 1.29 is 0 Å². The molecule has 0 aromatic carbocycles. The van der Waals surface area contributed by atoms with E-state index in [1.165, 1.54) is 25.7 Å². The molecular formula is C12H22N2. The van der Waals surface area contributed by atoms with Gasteiger partial charge in [0.15, 0.2) is 0 Å². The highest BCUT2D eigenvalue weighted by Gasteiger charge is 2.56. The maximum absolute atomic E-state index is 5.86. The third-order valence-corrected chi connectivity index (χ3v) is 5.40. The Morgan fingerprint density at radius 3 is 2.36 bits per heavy atom. The predicted octanol–water partition coefficient (Wildman–Crippen LogP) is 1.20. The Labute approximate surface area is 86.4 Å². The molecule has 80 valence electrons. The zero-order valence-electron chi connectivity index (χ0n) is 8.86. The first kappa shape index (κ1) is 9.17. The summed E-state index contributed by atoms with van der Waals surface area (Å²) in [4.78, 5) is 0. The van der Waals surface area contributed by atoms with Crippen LogP contribution in [0.1, 0.15) is 25.7 Å². The van der Waals surface area contributed by atoms with Gasteiger partial charge in [0, 0.05) is 0 Å². The SMILES string of the molecule is NCC1CC2CC1C1CCC(CN)C21. The van der Waals surface area contributed by atoms with Crippen LogP contribution in [0, 0.1) is 35.5 Å². The quantitative estimate of drug-likeness (QED) is 0.694. The molecule has 2 bridgehead atoms. The Morgan fingerprint density at radius 2 is 1.64 bits per heavy atom. The van der Waals surface area contributed by atoms with Gasteiger partial charge in [-0.25, -0.2) is 0 Å². The lowest BCUT2D eigenvalue weighted by Crippen LogP contribution is -2.32. The van der Waals surface area contributed by atoms with Gasteiger partial charge in [0.05, 0.1) is 0 Å². The molecule has 3 fully saturated rings. The number of hydrogen-bond acceptors (Lipinski definition) is 2. The monoisotopic (exact) mass is 194 g/mol. The molecule has 4 N–H and O–H groups in total. The third-order valence-electron chi connectivity index (χ3n) is 5.40. The normalized spacial score (nSPS) is 55.3. The van der Waals surface area contributed by atoms with Gasteiger partial charge in [-0.15, -0.1) is 0 Å². The molecule has 0 aromatic heterocycles. The van der Waals surface area contributed by atoms with E-state index in [4.69, 9.17) is 11.5 Å². The largest absolute Gasteiger partial charge is 0.330 e. The van der Waals surface area contributed by atoms with E-state index in [2.05, 4.69) is 0 Å². The van der Waals surface area contributed by atoms with Crippen molar-refractivity contribution in [3.63, 3.8) is 0 Å². The summed E-state index contributed by atoms with van der Waals surface area (Å²) < 4.78 is 0. The molecule has 0 radical (unpaired) electrons. The molecule has 3 rings (SSSR count). The van der Waals surface area contributed by atoms with E-state index in [0.717, 1.165) is 48.6 Å². The summed E-state index contributed by atoms with van der Waals surface area (Å²) in [7, 11) is 0. The van der Waals surface area contributed by atoms with Crippen molar-refractivity contribution in [2.45, 2.75) is 25.7 Å². The van der Waals surface area contributed by atoms with E-state index in [-0.39, 0.29) is 0 Å². The summed E-state index contributed by atoms with van der Waals surface area (Å²) in [6.45, 7) is 1.86. The topological polar surface area (TPSA) is 52.0 Å². The van der Waals surface area contributed by atoms with Gasteiger partial charge in [-0.1, -0.05) is 0 Å². The summed E-state index contributed by atoms with van der Waals surface area (Å²) in [5.41, 5.74) is 11.7.